The number of aromatic nitrogens is 1. The Morgan fingerprint density at radius 3 is 2.40 bits per heavy atom. The normalized spacial score (nSPS) is 10.7. The van der Waals surface area contributed by atoms with Gasteiger partial charge in [0.2, 0.25) is 5.89 Å². The molecule has 1 N–H and O–H groups in total. The molecule has 0 fully saturated rings. The van der Waals surface area contributed by atoms with Crippen molar-refractivity contribution in [1.82, 2.24) is 4.98 Å². The number of nitrogens with zero attached hydrogens (tertiary/aromatic N) is 1. The van der Waals surface area contributed by atoms with Crippen molar-refractivity contribution in [3.05, 3.63) is 102 Å². The number of thioether (sulfide) groups is 1. The van der Waals surface area contributed by atoms with Crippen LogP contribution in [-0.4, -0.2) is 10.9 Å². The highest BCUT2D eigenvalue weighted by Gasteiger charge is 2.13. The van der Waals surface area contributed by atoms with Crippen LogP contribution in [0, 0.1) is 12.7 Å². The van der Waals surface area contributed by atoms with Gasteiger partial charge in [0.1, 0.15) is 11.6 Å². The molecule has 0 aliphatic carbocycles. The number of hydrogen-bond donors (Lipinski definition) is 1. The summed E-state index contributed by atoms with van der Waals surface area (Å²) in [6.07, 6.45) is 0. The van der Waals surface area contributed by atoms with Gasteiger partial charge in [-0.25, -0.2) is 9.37 Å². The average molecular weight is 418 g/mol. The van der Waals surface area contributed by atoms with Crippen LogP contribution in [0.4, 0.5) is 10.1 Å². The molecule has 0 radical (unpaired) electrons. The highest BCUT2D eigenvalue weighted by atomic mass is 32.2. The first-order valence-corrected chi connectivity index (χ1v) is 10.4. The second-order valence-corrected chi connectivity index (χ2v) is 7.71. The second-order valence-electron chi connectivity index (χ2n) is 6.66. The maximum Gasteiger partial charge on any atom is 0.255 e. The smallest absolute Gasteiger partial charge is 0.255 e. The Hall–Kier alpha value is -3.38. The lowest BCUT2D eigenvalue weighted by Gasteiger charge is -2.05. The number of benzene rings is 3. The van der Waals surface area contributed by atoms with Crippen molar-refractivity contribution in [2.75, 3.05) is 5.32 Å². The van der Waals surface area contributed by atoms with Gasteiger partial charge in [-0.2, -0.15) is 0 Å². The molecule has 1 amide bonds. The topological polar surface area (TPSA) is 55.1 Å². The fraction of sp³-hybridized carbons (Fsp3) is 0.0833. The van der Waals surface area contributed by atoms with E-state index in [-0.39, 0.29) is 11.7 Å². The fourth-order valence-corrected chi connectivity index (χ4v) is 3.78. The number of carbonyl (C=O) groups excluding carboxylic acids is 1. The van der Waals surface area contributed by atoms with Crippen LogP contribution in [0.1, 0.15) is 21.8 Å². The highest BCUT2D eigenvalue weighted by molar-refractivity contribution is 7.98. The van der Waals surface area contributed by atoms with E-state index in [2.05, 4.69) is 22.4 Å². The van der Waals surface area contributed by atoms with Crippen molar-refractivity contribution < 1.29 is 13.6 Å². The maximum atomic E-state index is 13.0. The zero-order chi connectivity index (χ0) is 20.9. The van der Waals surface area contributed by atoms with E-state index in [1.807, 2.05) is 25.1 Å². The molecule has 0 aliphatic heterocycles. The number of halogens is 1. The molecule has 0 aliphatic rings. The quantitative estimate of drug-likeness (QED) is 0.372. The maximum absolute atomic E-state index is 13.0. The van der Waals surface area contributed by atoms with Gasteiger partial charge in [-0.15, -0.1) is 11.8 Å². The van der Waals surface area contributed by atoms with Crippen LogP contribution in [0.15, 0.2) is 88.2 Å². The molecular weight excluding hydrogens is 399 g/mol. The van der Waals surface area contributed by atoms with Crippen LogP contribution in [0.2, 0.25) is 0 Å². The van der Waals surface area contributed by atoms with E-state index in [0.29, 0.717) is 17.1 Å². The lowest BCUT2D eigenvalue weighted by molar-refractivity contribution is 0.102. The highest BCUT2D eigenvalue weighted by Crippen LogP contribution is 2.27. The molecule has 0 bridgehead atoms. The number of oxazole rings is 1. The number of rotatable bonds is 6. The molecular formula is C24H19FN2O2S. The van der Waals surface area contributed by atoms with E-state index in [9.17, 15) is 9.18 Å². The molecule has 0 atom stereocenters. The van der Waals surface area contributed by atoms with Crippen molar-refractivity contribution >= 4 is 23.4 Å². The summed E-state index contributed by atoms with van der Waals surface area (Å²) >= 11 is 1.71. The summed E-state index contributed by atoms with van der Waals surface area (Å²) in [5.74, 6) is 1.42. The van der Waals surface area contributed by atoms with E-state index in [4.69, 9.17) is 4.42 Å². The third-order valence-electron chi connectivity index (χ3n) is 4.51. The van der Waals surface area contributed by atoms with E-state index in [1.54, 1.807) is 36.0 Å². The number of amides is 1. The van der Waals surface area contributed by atoms with Crippen molar-refractivity contribution in [2.45, 2.75) is 17.6 Å². The summed E-state index contributed by atoms with van der Waals surface area (Å²) in [6, 6.07) is 22.8. The Morgan fingerprint density at radius 2 is 1.70 bits per heavy atom. The monoisotopic (exact) mass is 418 g/mol. The molecule has 1 heterocycles. The predicted molar refractivity (Wildman–Crippen MR) is 117 cm³/mol. The number of carbonyl (C=O) groups is 1. The van der Waals surface area contributed by atoms with Gasteiger partial charge in [0.25, 0.3) is 5.91 Å². The largest absolute Gasteiger partial charge is 0.441 e. The minimum absolute atomic E-state index is 0.267. The third-order valence-corrected chi connectivity index (χ3v) is 5.53. The first-order chi connectivity index (χ1) is 14.6. The molecule has 4 rings (SSSR count). The number of anilines is 1. The summed E-state index contributed by atoms with van der Waals surface area (Å²) < 4.78 is 18.8. The summed E-state index contributed by atoms with van der Waals surface area (Å²) in [4.78, 5) is 18.2. The van der Waals surface area contributed by atoms with E-state index < -0.39 is 0 Å². The molecule has 0 saturated heterocycles. The minimum atomic E-state index is -0.347. The molecule has 30 heavy (non-hydrogen) atoms. The zero-order valence-electron chi connectivity index (χ0n) is 16.3. The van der Waals surface area contributed by atoms with E-state index in [0.717, 1.165) is 22.8 Å². The Balaban J connectivity index is 1.43. The van der Waals surface area contributed by atoms with Gasteiger partial charge in [0, 0.05) is 27.5 Å². The number of aryl methyl sites for hydroxylation is 1. The average Bonchev–Trinajstić information content (AvgIpc) is 3.15. The molecule has 0 unspecified atom stereocenters. The van der Waals surface area contributed by atoms with Crippen molar-refractivity contribution in [2.24, 2.45) is 0 Å². The van der Waals surface area contributed by atoms with Gasteiger partial charge in [-0.1, -0.05) is 18.2 Å². The lowest BCUT2D eigenvalue weighted by Crippen LogP contribution is -2.11. The van der Waals surface area contributed by atoms with Crippen LogP contribution >= 0.6 is 11.8 Å². The molecule has 0 saturated carbocycles. The van der Waals surface area contributed by atoms with Gasteiger partial charge in [0.05, 0.1) is 5.69 Å². The Labute approximate surface area is 178 Å². The first-order valence-electron chi connectivity index (χ1n) is 9.40. The molecule has 1 aromatic heterocycles. The van der Waals surface area contributed by atoms with Gasteiger partial charge in [0.15, 0.2) is 0 Å². The molecule has 4 nitrogen and oxygen atoms in total. The van der Waals surface area contributed by atoms with E-state index in [1.165, 1.54) is 29.2 Å². The third kappa shape index (κ3) is 4.78. The van der Waals surface area contributed by atoms with Crippen molar-refractivity contribution in [3.63, 3.8) is 0 Å². The van der Waals surface area contributed by atoms with Crippen LogP contribution < -0.4 is 5.32 Å². The minimum Gasteiger partial charge on any atom is -0.441 e. The summed E-state index contributed by atoms with van der Waals surface area (Å²) in [5.41, 5.74) is 2.73. The van der Waals surface area contributed by atoms with Crippen molar-refractivity contribution in [3.8, 4) is 11.5 Å². The van der Waals surface area contributed by atoms with Crippen LogP contribution in [0.3, 0.4) is 0 Å². The molecule has 4 aromatic rings. The van der Waals surface area contributed by atoms with Crippen LogP contribution in [0.5, 0.6) is 0 Å². The summed E-state index contributed by atoms with van der Waals surface area (Å²) in [7, 11) is 0. The fourth-order valence-electron chi connectivity index (χ4n) is 2.85. The molecule has 6 heteroatoms. The van der Waals surface area contributed by atoms with Gasteiger partial charge in [-0.05, 0) is 67.6 Å². The summed E-state index contributed by atoms with van der Waals surface area (Å²) in [6.45, 7) is 1.90. The lowest BCUT2D eigenvalue weighted by atomic mass is 10.1. The van der Waals surface area contributed by atoms with Gasteiger partial charge >= 0.3 is 0 Å². The Bertz CT molecular complexity index is 1140. The first kappa shape index (κ1) is 19.9. The zero-order valence-corrected chi connectivity index (χ0v) is 17.1. The van der Waals surface area contributed by atoms with Crippen molar-refractivity contribution in [1.29, 1.82) is 0 Å². The standard InChI is InChI=1S/C24H19FN2O2S/c1-16-22(15-30-21-5-3-2-4-6-21)27-24(29-16)18-9-7-17(8-10-18)23(28)26-20-13-11-19(25)12-14-20/h2-14H,15H2,1H3,(H,26,28). The SMILES string of the molecule is Cc1oc(-c2ccc(C(=O)Nc3ccc(F)cc3)cc2)nc1CSc1ccccc1. The molecule has 150 valence electrons. The van der Waals surface area contributed by atoms with Gasteiger partial charge < -0.3 is 9.73 Å². The van der Waals surface area contributed by atoms with Crippen LogP contribution in [0.25, 0.3) is 11.5 Å². The Kier molecular flexibility index (Phi) is 5.95. The second kappa shape index (κ2) is 8.97. The predicted octanol–water partition coefficient (Wildman–Crippen LogP) is 6.33. The van der Waals surface area contributed by atoms with Gasteiger partial charge in [-0.3, -0.25) is 4.79 Å². The molecule has 3 aromatic carbocycles. The molecule has 0 spiro atoms. The number of nitrogens with one attached hydrogen (secondary N) is 1. The summed E-state index contributed by atoms with van der Waals surface area (Å²) in [5, 5.41) is 2.74. The van der Waals surface area contributed by atoms with E-state index >= 15 is 0 Å². The van der Waals surface area contributed by atoms with Crippen LogP contribution in [-0.2, 0) is 5.75 Å². The number of hydrogen-bond acceptors (Lipinski definition) is 4. The Morgan fingerprint density at radius 1 is 1.00 bits per heavy atom.